The number of ether oxygens (including phenoxy) is 1. The number of anilines is 2. The second-order valence-electron chi connectivity index (χ2n) is 4.44. The Morgan fingerprint density at radius 3 is 2.70 bits per heavy atom. The van der Waals surface area contributed by atoms with Crippen LogP contribution in [0.3, 0.4) is 0 Å². The van der Waals surface area contributed by atoms with E-state index in [1.807, 2.05) is 20.8 Å². The van der Waals surface area contributed by atoms with Crippen molar-refractivity contribution in [1.82, 2.24) is 9.97 Å². The van der Waals surface area contributed by atoms with Crippen molar-refractivity contribution in [2.75, 3.05) is 23.8 Å². The van der Waals surface area contributed by atoms with E-state index in [-0.39, 0.29) is 18.4 Å². The van der Waals surface area contributed by atoms with Gasteiger partial charge in [-0.05, 0) is 20.8 Å². The Morgan fingerprint density at radius 2 is 2.10 bits per heavy atom. The minimum atomic E-state index is -0.347. The molecule has 1 atom stereocenters. The van der Waals surface area contributed by atoms with Gasteiger partial charge in [0.15, 0.2) is 5.82 Å². The van der Waals surface area contributed by atoms with Crippen LogP contribution in [0.15, 0.2) is 6.07 Å². The molecule has 1 aromatic heterocycles. The second kappa shape index (κ2) is 8.31. The largest absolute Gasteiger partial charge is 0.374 e. The molecule has 0 bridgehead atoms. The SMILES string of the molecule is CCNc1cc(NC(C)CC(N)=O)nc(COCC)n1. The Kier molecular flexibility index (Phi) is 6.72. The molecule has 1 aromatic rings. The molecule has 0 saturated carbocycles. The summed E-state index contributed by atoms with van der Waals surface area (Å²) < 4.78 is 5.32. The number of rotatable bonds is 9. The maximum atomic E-state index is 10.9. The highest BCUT2D eigenvalue weighted by Crippen LogP contribution is 2.13. The number of aromatic nitrogens is 2. The number of amides is 1. The quantitative estimate of drug-likeness (QED) is 0.627. The Morgan fingerprint density at radius 1 is 1.40 bits per heavy atom. The average molecular weight is 281 g/mol. The Labute approximate surface area is 119 Å². The highest BCUT2D eigenvalue weighted by Gasteiger charge is 2.09. The van der Waals surface area contributed by atoms with E-state index < -0.39 is 0 Å². The normalized spacial score (nSPS) is 11.9. The number of hydrogen-bond donors (Lipinski definition) is 3. The zero-order valence-electron chi connectivity index (χ0n) is 12.3. The van der Waals surface area contributed by atoms with Gasteiger partial charge in [-0.1, -0.05) is 0 Å². The summed E-state index contributed by atoms with van der Waals surface area (Å²) >= 11 is 0. The van der Waals surface area contributed by atoms with Crippen LogP contribution in [0.25, 0.3) is 0 Å². The lowest BCUT2D eigenvalue weighted by Crippen LogP contribution is -2.24. The van der Waals surface area contributed by atoms with Gasteiger partial charge in [-0.2, -0.15) is 0 Å². The predicted octanol–water partition coefficient (Wildman–Crippen LogP) is 1.12. The van der Waals surface area contributed by atoms with Crippen LogP contribution in [-0.2, 0) is 16.1 Å². The molecule has 0 aliphatic heterocycles. The van der Waals surface area contributed by atoms with Gasteiger partial charge in [0.05, 0.1) is 0 Å². The molecule has 0 aliphatic rings. The molecule has 7 heteroatoms. The van der Waals surface area contributed by atoms with E-state index in [0.717, 1.165) is 12.4 Å². The first-order valence-corrected chi connectivity index (χ1v) is 6.79. The highest BCUT2D eigenvalue weighted by atomic mass is 16.5. The predicted molar refractivity (Wildman–Crippen MR) is 78.4 cm³/mol. The van der Waals surface area contributed by atoms with Crippen molar-refractivity contribution in [3.05, 3.63) is 11.9 Å². The van der Waals surface area contributed by atoms with Gasteiger partial charge in [0.2, 0.25) is 5.91 Å². The molecule has 4 N–H and O–H groups in total. The van der Waals surface area contributed by atoms with Crippen LogP contribution < -0.4 is 16.4 Å². The molecule has 1 unspecified atom stereocenters. The Balaban J connectivity index is 2.81. The summed E-state index contributed by atoms with van der Waals surface area (Å²) in [6.45, 7) is 7.52. The molecule has 0 radical (unpaired) electrons. The van der Waals surface area contributed by atoms with Gasteiger partial charge in [0, 0.05) is 31.7 Å². The molecule has 0 aromatic carbocycles. The first kappa shape index (κ1) is 16.2. The maximum absolute atomic E-state index is 10.9. The van der Waals surface area contributed by atoms with Crippen molar-refractivity contribution < 1.29 is 9.53 Å². The van der Waals surface area contributed by atoms with E-state index in [1.165, 1.54) is 0 Å². The van der Waals surface area contributed by atoms with Crippen LogP contribution in [0.5, 0.6) is 0 Å². The average Bonchev–Trinajstić information content (AvgIpc) is 2.35. The molecular weight excluding hydrogens is 258 g/mol. The molecule has 0 aliphatic carbocycles. The summed E-state index contributed by atoms with van der Waals surface area (Å²) in [5.41, 5.74) is 5.18. The first-order valence-electron chi connectivity index (χ1n) is 6.79. The van der Waals surface area contributed by atoms with Crippen LogP contribution in [0, 0.1) is 0 Å². The molecule has 0 saturated heterocycles. The molecule has 0 spiro atoms. The van der Waals surface area contributed by atoms with E-state index >= 15 is 0 Å². The van der Waals surface area contributed by atoms with Gasteiger partial charge >= 0.3 is 0 Å². The number of hydrogen-bond acceptors (Lipinski definition) is 6. The lowest BCUT2D eigenvalue weighted by Gasteiger charge is -2.15. The standard InChI is InChI=1S/C13H23N5O2/c1-4-15-11-7-12(16-9(3)6-10(14)19)18-13(17-11)8-20-5-2/h7,9H,4-6,8H2,1-3H3,(H2,14,19)(H2,15,16,17,18). The number of carbonyl (C=O) groups is 1. The smallest absolute Gasteiger partial charge is 0.219 e. The number of nitrogens with two attached hydrogens (primary N) is 1. The van der Waals surface area contributed by atoms with Crippen molar-refractivity contribution >= 4 is 17.5 Å². The van der Waals surface area contributed by atoms with E-state index in [0.29, 0.717) is 24.9 Å². The summed E-state index contributed by atoms with van der Waals surface area (Å²) in [4.78, 5) is 19.6. The minimum Gasteiger partial charge on any atom is -0.374 e. The van der Waals surface area contributed by atoms with Crippen LogP contribution in [0.2, 0.25) is 0 Å². The molecular formula is C13H23N5O2. The third-order valence-electron chi connectivity index (χ3n) is 2.47. The van der Waals surface area contributed by atoms with Gasteiger partial charge < -0.3 is 21.1 Å². The van der Waals surface area contributed by atoms with E-state index in [2.05, 4.69) is 20.6 Å². The minimum absolute atomic E-state index is 0.0863. The lowest BCUT2D eigenvalue weighted by molar-refractivity contribution is -0.118. The van der Waals surface area contributed by atoms with Gasteiger partial charge in [0.1, 0.15) is 18.2 Å². The zero-order valence-corrected chi connectivity index (χ0v) is 12.3. The fraction of sp³-hybridized carbons (Fsp3) is 0.615. The van der Waals surface area contributed by atoms with Crippen molar-refractivity contribution in [2.24, 2.45) is 5.73 Å². The van der Waals surface area contributed by atoms with Crippen LogP contribution in [-0.4, -0.2) is 35.1 Å². The van der Waals surface area contributed by atoms with Crippen molar-refractivity contribution in [3.8, 4) is 0 Å². The summed E-state index contributed by atoms with van der Waals surface area (Å²) in [5.74, 6) is 1.63. The molecule has 20 heavy (non-hydrogen) atoms. The molecule has 112 valence electrons. The summed E-state index contributed by atoms with van der Waals surface area (Å²) in [6.07, 6.45) is 0.251. The topological polar surface area (TPSA) is 102 Å². The zero-order chi connectivity index (χ0) is 15.0. The van der Waals surface area contributed by atoms with Crippen molar-refractivity contribution in [3.63, 3.8) is 0 Å². The lowest BCUT2D eigenvalue weighted by atomic mass is 10.2. The van der Waals surface area contributed by atoms with Gasteiger partial charge in [-0.25, -0.2) is 9.97 Å². The van der Waals surface area contributed by atoms with Crippen molar-refractivity contribution in [2.45, 2.75) is 39.8 Å². The van der Waals surface area contributed by atoms with E-state index in [4.69, 9.17) is 10.5 Å². The number of nitrogens with zero attached hydrogens (tertiary/aromatic N) is 2. The fourth-order valence-corrected chi connectivity index (χ4v) is 1.71. The molecule has 1 amide bonds. The maximum Gasteiger partial charge on any atom is 0.219 e. The summed E-state index contributed by atoms with van der Waals surface area (Å²) in [6, 6.07) is 1.72. The molecule has 0 fully saturated rings. The van der Waals surface area contributed by atoms with Gasteiger partial charge in [0.25, 0.3) is 0 Å². The Bertz CT molecular complexity index is 439. The summed E-state index contributed by atoms with van der Waals surface area (Å²) in [7, 11) is 0. The van der Waals surface area contributed by atoms with Crippen LogP contribution >= 0.6 is 0 Å². The third kappa shape index (κ3) is 5.83. The highest BCUT2D eigenvalue weighted by molar-refractivity contribution is 5.74. The van der Waals surface area contributed by atoms with Crippen LogP contribution in [0.4, 0.5) is 11.6 Å². The molecule has 1 heterocycles. The monoisotopic (exact) mass is 281 g/mol. The van der Waals surface area contributed by atoms with E-state index in [9.17, 15) is 4.79 Å². The number of carbonyl (C=O) groups excluding carboxylic acids is 1. The van der Waals surface area contributed by atoms with Gasteiger partial charge in [-0.3, -0.25) is 4.79 Å². The second-order valence-corrected chi connectivity index (χ2v) is 4.44. The number of nitrogens with one attached hydrogen (secondary N) is 2. The molecule has 1 rings (SSSR count). The Hall–Kier alpha value is -1.89. The summed E-state index contributed by atoms with van der Waals surface area (Å²) in [5, 5.41) is 6.28. The van der Waals surface area contributed by atoms with Crippen molar-refractivity contribution in [1.29, 1.82) is 0 Å². The number of primary amides is 1. The molecule has 7 nitrogen and oxygen atoms in total. The fourth-order valence-electron chi connectivity index (χ4n) is 1.71. The van der Waals surface area contributed by atoms with E-state index in [1.54, 1.807) is 6.07 Å². The van der Waals surface area contributed by atoms with Gasteiger partial charge in [-0.15, -0.1) is 0 Å². The van der Waals surface area contributed by atoms with Crippen LogP contribution in [0.1, 0.15) is 33.0 Å². The first-order chi connectivity index (χ1) is 9.55. The third-order valence-corrected chi connectivity index (χ3v) is 2.47.